The molecule has 2 aromatic heterocycles. The first kappa shape index (κ1) is 13.4. The first-order valence-electron chi connectivity index (χ1n) is 7.24. The monoisotopic (exact) mass is 275 g/mol. The largest absolute Gasteiger partial charge is 0.468 e. The molecule has 0 spiro atoms. The van der Waals surface area contributed by atoms with Crippen molar-refractivity contribution in [2.75, 3.05) is 13.2 Å². The normalized spacial score (nSPS) is 22.4. The Hall–Kier alpha value is -1.59. The van der Waals surface area contributed by atoms with Crippen molar-refractivity contribution in [2.24, 2.45) is 5.92 Å². The van der Waals surface area contributed by atoms with Gasteiger partial charge in [0.15, 0.2) is 0 Å². The first-order chi connectivity index (χ1) is 9.86. The Labute approximate surface area is 118 Å². The molecule has 2 aromatic rings. The second-order valence-electron chi connectivity index (χ2n) is 5.18. The molecule has 20 heavy (non-hydrogen) atoms. The minimum atomic E-state index is 0.166. The number of hydrogen-bond acceptors (Lipinski definition) is 4. The Kier molecular flexibility index (Phi) is 4.18. The van der Waals surface area contributed by atoms with Gasteiger partial charge < -0.3 is 14.5 Å². The van der Waals surface area contributed by atoms with Gasteiger partial charge in [0.25, 0.3) is 0 Å². The quantitative estimate of drug-likeness (QED) is 0.879. The summed E-state index contributed by atoms with van der Waals surface area (Å²) >= 11 is 0. The third-order valence-corrected chi connectivity index (χ3v) is 3.81. The first-order valence-corrected chi connectivity index (χ1v) is 7.24. The molecular weight excluding hydrogens is 254 g/mol. The van der Waals surface area contributed by atoms with E-state index in [9.17, 15) is 0 Å². The Balaban J connectivity index is 1.55. The predicted molar refractivity (Wildman–Crippen MR) is 75.1 cm³/mol. The maximum atomic E-state index is 5.88. The van der Waals surface area contributed by atoms with E-state index in [1.807, 2.05) is 23.0 Å². The molecule has 0 saturated carbocycles. The summed E-state index contributed by atoms with van der Waals surface area (Å²) in [4.78, 5) is 0. The molecule has 5 nitrogen and oxygen atoms in total. The van der Waals surface area contributed by atoms with Crippen molar-refractivity contribution in [3.05, 3.63) is 42.1 Å². The maximum Gasteiger partial charge on any atom is 0.117 e. The number of aromatic nitrogens is 2. The number of rotatable bonds is 6. The smallest absolute Gasteiger partial charge is 0.117 e. The molecule has 5 heteroatoms. The molecule has 108 valence electrons. The van der Waals surface area contributed by atoms with Crippen LogP contribution < -0.4 is 5.32 Å². The van der Waals surface area contributed by atoms with Gasteiger partial charge in [0.1, 0.15) is 5.76 Å². The van der Waals surface area contributed by atoms with Gasteiger partial charge in [-0.05, 0) is 25.5 Å². The highest BCUT2D eigenvalue weighted by Crippen LogP contribution is 2.33. The van der Waals surface area contributed by atoms with Gasteiger partial charge in [-0.1, -0.05) is 0 Å². The van der Waals surface area contributed by atoms with Crippen LogP contribution in [0, 0.1) is 5.92 Å². The summed E-state index contributed by atoms with van der Waals surface area (Å²) in [7, 11) is 0. The lowest BCUT2D eigenvalue weighted by atomic mass is 9.97. The van der Waals surface area contributed by atoms with Crippen LogP contribution >= 0.6 is 0 Å². The van der Waals surface area contributed by atoms with Crippen molar-refractivity contribution in [3.63, 3.8) is 0 Å². The molecule has 1 aliphatic rings. The van der Waals surface area contributed by atoms with E-state index in [2.05, 4.69) is 23.5 Å². The second kappa shape index (κ2) is 6.24. The zero-order chi connectivity index (χ0) is 13.8. The molecule has 1 fully saturated rings. The fourth-order valence-corrected chi connectivity index (χ4v) is 2.70. The number of nitrogens with one attached hydrogen (secondary N) is 1. The molecule has 0 aromatic carbocycles. The van der Waals surface area contributed by atoms with Gasteiger partial charge in [-0.15, -0.1) is 0 Å². The van der Waals surface area contributed by atoms with E-state index in [-0.39, 0.29) is 6.10 Å². The molecule has 3 heterocycles. The highest BCUT2D eigenvalue weighted by Gasteiger charge is 2.30. The standard InChI is InChI=1S/C15H21N3O2/c1-2-18-11-13(9-17-18)15-12(5-7-20-15)8-16-10-14-4-3-6-19-14/h3-4,6,9,11-12,15-16H,2,5,7-8,10H2,1H3. The van der Waals surface area contributed by atoms with Crippen molar-refractivity contribution < 1.29 is 9.15 Å². The van der Waals surface area contributed by atoms with Gasteiger partial charge in [0, 0.05) is 37.4 Å². The fourth-order valence-electron chi connectivity index (χ4n) is 2.70. The van der Waals surface area contributed by atoms with E-state index < -0.39 is 0 Å². The van der Waals surface area contributed by atoms with E-state index >= 15 is 0 Å². The van der Waals surface area contributed by atoms with Crippen LogP contribution in [0.2, 0.25) is 0 Å². The van der Waals surface area contributed by atoms with Gasteiger partial charge >= 0.3 is 0 Å². The molecule has 0 amide bonds. The average Bonchev–Trinajstić information content (AvgIpc) is 3.20. The molecule has 2 atom stereocenters. The molecule has 3 rings (SSSR count). The van der Waals surface area contributed by atoms with Crippen LogP contribution in [-0.4, -0.2) is 22.9 Å². The summed E-state index contributed by atoms with van der Waals surface area (Å²) in [6, 6.07) is 3.90. The number of hydrogen-bond donors (Lipinski definition) is 1. The van der Waals surface area contributed by atoms with Crippen molar-refractivity contribution in [1.29, 1.82) is 0 Å². The molecular formula is C15H21N3O2. The van der Waals surface area contributed by atoms with Crippen LogP contribution in [0.4, 0.5) is 0 Å². The van der Waals surface area contributed by atoms with E-state index in [1.165, 1.54) is 5.56 Å². The molecule has 0 radical (unpaired) electrons. The van der Waals surface area contributed by atoms with Gasteiger partial charge in [-0.2, -0.15) is 5.10 Å². The molecule has 0 bridgehead atoms. The van der Waals surface area contributed by atoms with Crippen LogP contribution in [0.25, 0.3) is 0 Å². The SMILES string of the molecule is CCn1cc(C2OCCC2CNCc2ccco2)cn1. The Morgan fingerprint density at radius 1 is 1.50 bits per heavy atom. The summed E-state index contributed by atoms with van der Waals surface area (Å²) in [5.74, 6) is 1.47. The third-order valence-electron chi connectivity index (χ3n) is 3.81. The van der Waals surface area contributed by atoms with Crippen molar-refractivity contribution >= 4 is 0 Å². The van der Waals surface area contributed by atoms with E-state index in [0.29, 0.717) is 5.92 Å². The zero-order valence-corrected chi connectivity index (χ0v) is 11.8. The lowest BCUT2D eigenvalue weighted by molar-refractivity contribution is 0.0902. The van der Waals surface area contributed by atoms with Crippen LogP contribution in [0.1, 0.15) is 30.8 Å². The van der Waals surface area contributed by atoms with Crippen LogP contribution in [-0.2, 0) is 17.8 Å². The summed E-state index contributed by atoms with van der Waals surface area (Å²) in [6.07, 6.45) is 6.98. The summed E-state index contributed by atoms with van der Waals surface area (Å²) < 4.78 is 13.1. The molecule has 2 unspecified atom stereocenters. The Bertz CT molecular complexity index is 521. The molecule has 1 saturated heterocycles. The lowest BCUT2D eigenvalue weighted by Crippen LogP contribution is -2.24. The van der Waals surface area contributed by atoms with Crippen LogP contribution in [0.3, 0.4) is 0 Å². The molecule has 1 N–H and O–H groups in total. The lowest BCUT2D eigenvalue weighted by Gasteiger charge is -2.17. The summed E-state index contributed by atoms with van der Waals surface area (Å²) in [5, 5.41) is 7.79. The Morgan fingerprint density at radius 2 is 2.45 bits per heavy atom. The molecule has 0 aliphatic carbocycles. The van der Waals surface area contributed by atoms with Gasteiger partial charge in [0.2, 0.25) is 0 Å². The van der Waals surface area contributed by atoms with Crippen molar-refractivity contribution in [2.45, 2.75) is 32.5 Å². The van der Waals surface area contributed by atoms with E-state index in [4.69, 9.17) is 9.15 Å². The maximum absolute atomic E-state index is 5.88. The Morgan fingerprint density at radius 3 is 3.20 bits per heavy atom. The summed E-state index contributed by atoms with van der Waals surface area (Å²) in [5.41, 5.74) is 1.19. The van der Waals surface area contributed by atoms with Gasteiger partial charge in [-0.25, -0.2) is 0 Å². The average molecular weight is 275 g/mol. The zero-order valence-electron chi connectivity index (χ0n) is 11.8. The van der Waals surface area contributed by atoms with E-state index in [0.717, 1.165) is 38.4 Å². The van der Waals surface area contributed by atoms with Crippen LogP contribution in [0.5, 0.6) is 0 Å². The number of aryl methyl sites for hydroxylation is 1. The van der Waals surface area contributed by atoms with Crippen molar-refractivity contribution in [1.82, 2.24) is 15.1 Å². The fraction of sp³-hybridized carbons (Fsp3) is 0.533. The minimum Gasteiger partial charge on any atom is -0.468 e. The topological polar surface area (TPSA) is 52.2 Å². The van der Waals surface area contributed by atoms with Gasteiger partial charge in [-0.3, -0.25) is 4.68 Å². The number of furan rings is 1. The van der Waals surface area contributed by atoms with Gasteiger partial charge in [0.05, 0.1) is 25.1 Å². The second-order valence-corrected chi connectivity index (χ2v) is 5.18. The highest BCUT2D eigenvalue weighted by atomic mass is 16.5. The predicted octanol–water partition coefficient (Wildman–Crippen LogP) is 2.36. The van der Waals surface area contributed by atoms with Crippen LogP contribution in [0.15, 0.2) is 35.2 Å². The number of ether oxygens (including phenoxy) is 1. The molecule has 1 aliphatic heterocycles. The third kappa shape index (κ3) is 2.94. The van der Waals surface area contributed by atoms with E-state index in [1.54, 1.807) is 6.26 Å². The van der Waals surface area contributed by atoms with Crippen molar-refractivity contribution in [3.8, 4) is 0 Å². The summed E-state index contributed by atoms with van der Waals surface area (Å²) in [6.45, 7) is 5.52. The number of nitrogens with zero attached hydrogens (tertiary/aromatic N) is 2. The highest BCUT2D eigenvalue weighted by molar-refractivity contribution is 5.11. The minimum absolute atomic E-state index is 0.166.